The molecule has 0 spiro atoms. The van der Waals surface area contributed by atoms with Crippen LogP contribution in [0.4, 0.5) is 4.79 Å². The smallest absolute Gasteiger partial charge is 0.410 e. The molecule has 1 atom stereocenters. The fraction of sp³-hybridized carbons (Fsp3) is 0.306. The van der Waals surface area contributed by atoms with Crippen LogP contribution < -0.4 is 5.32 Å². The van der Waals surface area contributed by atoms with Crippen LogP contribution in [0.3, 0.4) is 0 Å². The molecule has 15 nitrogen and oxygen atoms in total. The monoisotopic (exact) mass is 1160 g/mol. The molecular weight excluding hydrogens is 1100 g/mol. The fourth-order valence-corrected chi connectivity index (χ4v) is 11.3. The molecule has 0 aliphatic carbocycles. The summed E-state index contributed by atoms with van der Waals surface area (Å²) < 4.78 is 13.8. The van der Waals surface area contributed by atoms with Gasteiger partial charge in [-0.3, -0.25) is 15.1 Å². The Morgan fingerprint density at radius 3 is 1.84 bits per heavy atom. The minimum atomic E-state index is -0.575. The maximum Gasteiger partial charge on any atom is 0.410 e. The Hall–Kier alpha value is -7.11. The number of ether oxygens (including phenoxy) is 2. The second-order valence-electron chi connectivity index (χ2n) is 21.3. The molecule has 11 rings (SSSR count). The van der Waals surface area contributed by atoms with E-state index in [-0.39, 0.29) is 12.3 Å². The van der Waals surface area contributed by atoms with Gasteiger partial charge in [-0.25, -0.2) is 19.4 Å². The summed E-state index contributed by atoms with van der Waals surface area (Å²) in [6.07, 6.45) is 10.0. The highest BCUT2D eigenvalue weighted by atomic mass is 35.5. The van der Waals surface area contributed by atoms with Gasteiger partial charge in [-0.1, -0.05) is 65.5 Å². The van der Waals surface area contributed by atoms with Crippen molar-refractivity contribution in [2.75, 3.05) is 19.7 Å². The Morgan fingerprint density at radius 2 is 1.27 bits per heavy atom. The first-order valence-electron chi connectivity index (χ1n) is 27.1. The summed E-state index contributed by atoms with van der Waals surface area (Å²) in [5.41, 5.74) is 16.4. The average molecular weight is 1170 g/mol. The number of benzene rings is 4. The van der Waals surface area contributed by atoms with Crippen LogP contribution in [-0.2, 0) is 22.6 Å². The molecule has 19 heteroatoms. The number of fused-ring (bicyclic) bond motifs is 2. The first-order chi connectivity index (χ1) is 38.9. The topological polar surface area (TPSA) is 180 Å². The highest BCUT2D eigenvalue weighted by Crippen LogP contribution is 2.39. The molecule has 1 saturated heterocycles. The summed E-state index contributed by atoms with van der Waals surface area (Å²) in [4.78, 5) is 40.4. The van der Waals surface area contributed by atoms with Gasteiger partial charge in [-0.15, -0.1) is 0 Å². The lowest BCUT2D eigenvalue weighted by Gasteiger charge is -2.27. The summed E-state index contributed by atoms with van der Waals surface area (Å²) >= 11 is 25.1. The SMILES string of the molecule is CCN(Cc1cncc(-c2ccc3c(c2)c(-c2nc(-c4cc(Cl)cc(Cl)c4)c(C)[nH]2)nn3C2CCCCO2)c1C)C(=O)OC(C)(C)C.CCNCc1cncc(-c2ccc3[nH]nc(-c4nc(-c5cc(Cl)cc(Cl)c5)c(C)[nH]4)c3c2)c1C. The first kappa shape index (κ1) is 57.1. The van der Waals surface area contributed by atoms with E-state index >= 15 is 0 Å². The molecule has 1 aliphatic heterocycles. The molecule has 81 heavy (non-hydrogen) atoms. The van der Waals surface area contributed by atoms with Gasteiger partial charge >= 0.3 is 6.09 Å². The van der Waals surface area contributed by atoms with Crippen molar-refractivity contribution < 1.29 is 14.3 Å². The molecule has 418 valence electrons. The number of hydrogen-bond acceptors (Lipinski definition) is 10. The number of amides is 1. The number of carbonyl (C=O) groups excluding carboxylic acids is 1. The molecule has 0 saturated carbocycles. The number of aryl methyl sites for hydroxylation is 2. The van der Waals surface area contributed by atoms with Gasteiger partial charge in [0.25, 0.3) is 0 Å². The molecule has 0 bridgehead atoms. The van der Waals surface area contributed by atoms with Crippen molar-refractivity contribution in [1.82, 2.24) is 60.1 Å². The van der Waals surface area contributed by atoms with Crippen LogP contribution in [-0.4, -0.2) is 86.2 Å². The standard InChI is InChI=1S/C36H40Cl2N6O3.C26H24Cl2N6/c1-7-43(35(45)47-36(4,5)6)20-25-18-39-19-29(21(25)2)23-11-12-30-28(16-23)33(42-44(30)31-10-8-9-13-46-31)34-40-22(3)32(41-34)24-14-26(37)17-27(38)15-24;1-4-29-11-18-12-30-13-22(14(18)2)16-5-6-23-21(9-16)25(34-33-23)26-31-15(3)24(32-26)17-7-19(27)10-20(28)8-17/h11-12,14-19,31H,7-10,13,20H2,1-6H3,(H,40,41);5-10,12-13,29H,4,11H2,1-3H3,(H,31,32)(H,33,34). The molecular formula is C62H64Cl4N12O3. The number of aromatic nitrogens is 10. The molecule has 1 fully saturated rings. The van der Waals surface area contributed by atoms with E-state index in [1.165, 1.54) is 11.1 Å². The van der Waals surface area contributed by atoms with E-state index < -0.39 is 5.60 Å². The number of carbonyl (C=O) groups is 1. The van der Waals surface area contributed by atoms with Crippen molar-refractivity contribution in [1.29, 1.82) is 0 Å². The van der Waals surface area contributed by atoms with E-state index in [0.29, 0.717) is 51.4 Å². The number of H-pyrrole nitrogens is 3. The Labute approximate surface area is 491 Å². The van der Waals surface area contributed by atoms with Crippen molar-refractivity contribution >= 4 is 74.3 Å². The molecule has 7 heterocycles. The third-order valence-electron chi connectivity index (χ3n) is 14.4. The number of hydrogen-bond donors (Lipinski definition) is 4. The van der Waals surface area contributed by atoms with Crippen molar-refractivity contribution in [3.05, 3.63) is 151 Å². The number of halogens is 4. The lowest BCUT2D eigenvalue weighted by Crippen LogP contribution is -2.36. The third-order valence-corrected chi connectivity index (χ3v) is 15.3. The number of aromatic amines is 3. The first-order valence-corrected chi connectivity index (χ1v) is 28.6. The maximum absolute atomic E-state index is 12.9. The lowest BCUT2D eigenvalue weighted by molar-refractivity contribution is -0.0365. The van der Waals surface area contributed by atoms with E-state index in [1.54, 1.807) is 17.0 Å². The zero-order valence-corrected chi connectivity index (χ0v) is 49.8. The Morgan fingerprint density at radius 1 is 0.704 bits per heavy atom. The van der Waals surface area contributed by atoms with Crippen molar-refractivity contribution in [3.63, 3.8) is 0 Å². The molecule has 4 aromatic carbocycles. The van der Waals surface area contributed by atoms with Gasteiger partial charge in [-0.05, 0) is 175 Å². The Kier molecular flexibility index (Phi) is 17.0. The summed E-state index contributed by atoms with van der Waals surface area (Å²) in [6, 6.07) is 23.5. The number of nitrogens with zero attached hydrogens (tertiary/aromatic N) is 8. The van der Waals surface area contributed by atoms with Crippen LogP contribution in [0.15, 0.2) is 97.6 Å². The van der Waals surface area contributed by atoms with E-state index in [1.807, 2.05) is 101 Å². The number of pyridine rings is 2. The largest absolute Gasteiger partial charge is 0.444 e. The van der Waals surface area contributed by atoms with Crippen LogP contribution in [0.25, 0.3) is 89.6 Å². The van der Waals surface area contributed by atoms with Crippen molar-refractivity contribution in [2.45, 2.75) is 106 Å². The predicted octanol–water partition coefficient (Wildman–Crippen LogP) is 16.3. The minimum absolute atomic E-state index is 0.160. The summed E-state index contributed by atoms with van der Waals surface area (Å²) in [6.45, 7) is 21.2. The Balaban J connectivity index is 0.000000191. The second kappa shape index (κ2) is 24.2. The molecule has 1 aliphatic rings. The van der Waals surface area contributed by atoms with Gasteiger partial charge in [0.15, 0.2) is 17.9 Å². The lowest BCUT2D eigenvalue weighted by atomic mass is 9.97. The summed E-state index contributed by atoms with van der Waals surface area (Å²) in [5, 5.41) is 20.4. The number of rotatable bonds is 13. The highest BCUT2D eigenvalue weighted by molar-refractivity contribution is 6.35. The summed E-state index contributed by atoms with van der Waals surface area (Å²) in [5.74, 6) is 1.33. The average Bonchev–Trinajstić information content (AvgIpc) is 4.06. The van der Waals surface area contributed by atoms with Crippen LogP contribution in [0.2, 0.25) is 20.1 Å². The molecule has 1 amide bonds. The van der Waals surface area contributed by atoms with E-state index in [4.69, 9.17) is 70.9 Å². The molecule has 1 unspecified atom stereocenters. The predicted molar refractivity (Wildman–Crippen MR) is 326 cm³/mol. The van der Waals surface area contributed by atoms with Gasteiger partial charge in [-0.2, -0.15) is 10.2 Å². The number of imidazole rings is 2. The van der Waals surface area contributed by atoms with Crippen molar-refractivity contribution in [2.24, 2.45) is 0 Å². The van der Waals surface area contributed by atoms with E-state index in [2.05, 4.69) is 86.6 Å². The second-order valence-corrected chi connectivity index (χ2v) is 23.1. The van der Waals surface area contributed by atoms with Gasteiger partial charge in [0.2, 0.25) is 0 Å². The molecule has 10 aromatic rings. The zero-order valence-electron chi connectivity index (χ0n) is 46.8. The van der Waals surface area contributed by atoms with E-state index in [0.717, 1.165) is 133 Å². The maximum atomic E-state index is 12.9. The van der Waals surface area contributed by atoms with Gasteiger partial charge < -0.3 is 29.7 Å². The molecule has 4 N–H and O–H groups in total. The van der Waals surface area contributed by atoms with Crippen LogP contribution >= 0.6 is 46.4 Å². The van der Waals surface area contributed by atoms with Crippen LogP contribution in [0.5, 0.6) is 0 Å². The number of nitrogens with one attached hydrogen (secondary N) is 4. The van der Waals surface area contributed by atoms with Crippen LogP contribution in [0.1, 0.15) is 93.8 Å². The molecule has 0 radical (unpaired) electrons. The minimum Gasteiger partial charge on any atom is -0.444 e. The Bertz CT molecular complexity index is 3900. The quantitative estimate of drug-likeness (QED) is 0.0868. The summed E-state index contributed by atoms with van der Waals surface area (Å²) in [7, 11) is 0. The van der Waals surface area contributed by atoms with E-state index in [9.17, 15) is 4.79 Å². The molecule has 6 aromatic heterocycles. The van der Waals surface area contributed by atoms with Gasteiger partial charge in [0, 0.05) is 109 Å². The zero-order chi connectivity index (χ0) is 57.3. The third kappa shape index (κ3) is 12.5. The normalized spacial score (nSPS) is 13.7. The van der Waals surface area contributed by atoms with Gasteiger partial charge in [0.1, 0.15) is 17.0 Å². The fourth-order valence-electron chi connectivity index (χ4n) is 10.2. The highest BCUT2D eigenvalue weighted by Gasteiger charge is 2.27. The van der Waals surface area contributed by atoms with Crippen LogP contribution in [0, 0.1) is 27.7 Å². The van der Waals surface area contributed by atoms with Gasteiger partial charge in [0.05, 0.1) is 29.0 Å². The van der Waals surface area contributed by atoms with Crippen molar-refractivity contribution in [3.8, 4) is 67.8 Å².